The Balaban J connectivity index is 1.47. The van der Waals surface area contributed by atoms with E-state index in [0.717, 1.165) is 31.4 Å². The van der Waals surface area contributed by atoms with Gasteiger partial charge in [-0.05, 0) is 58.1 Å². The number of carbonyl (C=O) groups is 1. The number of likely N-dealkylation sites (tertiary alicyclic amines) is 1. The normalized spacial score (nSPS) is 15.3. The number of aromatic nitrogens is 3. The molecular formula is C20H27N5O4. The number of aryl methyl sites for hydroxylation is 1. The molecule has 0 unspecified atom stereocenters. The van der Waals surface area contributed by atoms with Gasteiger partial charge in [0.05, 0.1) is 11.1 Å². The van der Waals surface area contributed by atoms with E-state index in [1.165, 1.54) is 12.1 Å². The second-order valence-electron chi connectivity index (χ2n) is 8.37. The molecule has 0 saturated carbocycles. The molecule has 9 heteroatoms. The first-order valence-corrected chi connectivity index (χ1v) is 9.84. The van der Waals surface area contributed by atoms with Crippen LogP contribution in [0.3, 0.4) is 0 Å². The lowest BCUT2D eigenvalue weighted by Gasteiger charge is -2.33. The minimum absolute atomic E-state index is 0.0545. The summed E-state index contributed by atoms with van der Waals surface area (Å²) in [6.45, 7) is 7.80. The van der Waals surface area contributed by atoms with Gasteiger partial charge in [0.15, 0.2) is 0 Å². The number of hydrogen-bond acceptors (Lipinski definition) is 6. The summed E-state index contributed by atoms with van der Waals surface area (Å²) >= 11 is 0. The molecule has 0 atom stereocenters. The number of nitro benzene ring substituents is 1. The SMILES string of the molecule is CC(C)(C)OC(=O)N1CCC(CCn2cc(-c3ccc([N+](=O)[O-])cc3)nn2)CC1. The van der Waals surface area contributed by atoms with Gasteiger partial charge in [-0.3, -0.25) is 14.8 Å². The number of hydrogen-bond donors (Lipinski definition) is 0. The van der Waals surface area contributed by atoms with E-state index in [4.69, 9.17) is 4.74 Å². The number of nitrogens with zero attached hydrogens (tertiary/aromatic N) is 5. The van der Waals surface area contributed by atoms with E-state index in [2.05, 4.69) is 10.3 Å². The zero-order chi connectivity index (χ0) is 21.0. The molecule has 9 nitrogen and oxygen atoms in total. The fraction of sp³-hybridized carbons (Fsp3) is 0.550. The summed E-state index contributed by atoms with van der Waals surface area (Å²) in [6, 6.07) is 6.29. The molecule has 2 aromatic rings. The van der Waals surface area contributed by atoms with Gasteiger partial charge < -0.3 is 9.64 Å². The first kappa shape index (κ1) is 20.8. The molecule has 0 radical (unpaired) electrons. The summed E-state index contributed by atoms with van der Waals surface area (Å²) in [7, 11) is 0. The van der Waals surface area contributed by atoms with Crippen molar-refractivity contribution in [1.29, 1.82) is 0 Å². The van der Waals surface area contributed by atoms with Crippen molar-refractivity contribution in [2.75, 3.05) is 13.1 Å². The van der Waals surface area contributed by atoms with Crippen molar-refractivity contribution in [2.45, 2.75) is 52.2 Å². The zero-order valence-corrected chi connectivity index (χ0v) is 17.1. The van der Waals surface area contributed by atoms with Gasteiger partial charge in [0, 0.05) is 37.3 Å². The summed E-state index contributed by atoms with van der Waals surface area (Å²) in [5.74, 6) is 0.528. The second kappa shape index (κ2) is 8.59. The van der Waals surface area contributed by atoms with Crippen molar-refractivity contribution in [3.8, 4) is 11.3 Å². The quantitative estimate of drug-likeness (QED) is 0.556. The summed E-state index contributed by atoms with van der Waals surface area (Å²) < 4.78 is 7.24. The van der Waals surface area contributed by atoms with Crippen LogP contribution in [-0.2, 0) is 11.3 Å². The lowest BCUT2D eigenvalue weighted by Crippen LogP contribution is -2.41. The number of piperidine rings is 1. The van der Waals surface area contributed by atoms with Crippen LogP contribution in [0.5, 0.6) is 0 Å². The zero-order valence-electron chi connectivity index (χ0n) is 17.1. The van der Waals surface area contributed by atoms with Crippen LogP contribution in [0.15, 0.2) is 30.5 Å². The summed E-state index contributed by atoms with van der Waals surface area (Å²) in [5, 5.41) is 19.1. The Labute approximate surface area is 169 Å². The third-order valence-corrected chi connectivity index (χ3v) is 4.95. The maximum absolute atomic E-state index is 12.1. The molecule has 1 aliphatic rings. The maximum Gasteiger partial charge on any atom is 0.410 e. The molecule has 1 fully saturated rings. The highest BCUT2D eigenvalue weighted by Gasteiger charge is 2.26. The number of non-ortho nitro benzene ring substituents is 1. The van der Waals surface area contributed by atoms with Gasteiger partial charge in [0.25, 0.3) is 5.69 Å². The molecule has 1 saturated heterocycles. The first-order valence-electron chi connectivity index (χ1n) is 9.84. The standard InChI is InChI=1S/C20H27N5O4/c1-20(2,3)29-19(26)23-11-8-15(9-12-23)10-13-24-14-18(21-22-24)16-4-6-17(7-5-16)25(27)28/h4-7,14-15H,8-13H2,1-3H3. The smallest absolute Gasteiger partial charge is 0.410 e. The molecule has 0 spiro atoms. The van der Waals surface area contributed by atoms with E-state index in [1.807, 2.05) is 27.0 Å². The van der Waals surface area contributed by atoms with E-state index in [-0.39, 0.29) is 11.8 Å². The number of amides is 1. The van der Waals surface area contributed by atoms with Crippen LogP contribution in [0.2, 0.25) is 0 Å². The van der Waals surface area contributed by atoms with Crippen molar-refractivity contribution < 1.29 is 14.5 Å². The molecule has 1 amide bonds. The van der Waals surface area contributed by atoms with Gasteiger partial charge in [-0.2, -0.15) is 0 Å². The Kier molecular flexibility index (Phi) is 6.14. The highest BCUT2D eigenvalue weighted by molar-refractivity contribution is 5.68. The fourth-order valence-corrected chi connectivity index (χ4v) is 3.34. The van der Waals surface area contributed by atoms with Crippen LogP contribution in [0.4, 0.5) is 10.5 Å². The second-order valence-corrected chi connectivity index (χ2v) is 8.37. The highest BCUT2D eigenvalue weighted by atomic mass is 16.6. The van der Waals surface area contributed by atoms with Crippen LogP contribution in [0, 0.1) is 16.0 Å². The molecule has 3 rings (SSSR count). The van der Waals surface area contributed by atoms with Gasteiger partial charge in [-0.15, -0.1) is 5.10 Å². The summed E-state index contributed by atoms with van der Waals surface area (Å²) in [4.78, 5) is 24.3. The van der Waals surface area contributed by atoms with Gasteiger partial charge in [0.1, 0.15) is 11.3 Å². The third-order valence-electron chi connectivity index (χ3n) is 4.95. The Morgan fingerprint density at radius 2 is 1.90 bits per heavy atom. The number of ether oxygens (including phenoxy) is 1. The maximum atomic E-state index is 12.1. The van der Waals surface area contributed by atoms with Gasteiger partial charge in [-0.1, -0.05) is 5.21 Å². The average molecular weight is 401 g/mol. The number of benzene rings is 1. The molecule has 1 aliphatic heterocycles. The molecule has 29 heavy (non-hydrogen) atoms. The number of rotatable bonds is 5. The largest absolute Gasteiger partial charge is 0.444 e. The van der Waals surface area contributed by atoms with Crippen molar-refractivity contribution in [1.82, 2.24) is 19.9 Å². The fourth-order valence-electron chi connectivity index (χ4n) is 3.34. The topological polar surface area (TPSA) is 103 Å². The minimum atomic E-state index is -0.470. The molecule has 2 heterocycles. The average Bonchev–Trinajstić information content (AvgIpc) is 3.14. The Bertz CT molecular complexity index is 849. The monoisotopic (exact) mass is 401 g/mol. The van der Waals surface area contributed by atoms with Gasteiger partial charge in [0.2, 0.25) is 0 Å². The predicted octanol–water partition coefficient (Wildman–Crippen LogP) is 3.89. The van der Waals surface area contributed by atoms with Crippen LogP contribution < -0.4 is 0 Å². The first-order chi connectivity index (χ1) is 13.7. The third kappa shape index (κ3) is 5.75. The van der Waals surface area contributed by atoms with E-state index >= 15 is 0 Å². The summed E-state index contributed by atoms with van der Waals surface area (Å²) in [6.07, 6.45) is 4.48. The van der Waals surface area contributed by atoms with Crippen molar-refractivity contribution in [3.63, 3.8) is 0 Å². The molecular weight excluding hydrogens is 374 g/mol. The number of nitro groups is 1. The lowest BCUT2D eigenvalue weighted by molar-refractivity contribution is -0.384. The van der Waals surface area contributed by atoms with Crippen LogP contribution >= 0.6 is 0 Å². The van der Waals surface area contributed by atoms with Crippen LogP contribution in [0.25, 0.3) is 11.3 Å². The predicted molar refractivity (Wildman–Crippen MR) is 107 cm³/mol. The van der Waals surface area contributed by atoms with E-state index < -0.39 is 10.5 Å². The van der Waals surface area contributed by atoms with E-state index in [1.54, 1.807) is 21.7 Å². The van der Waals surface area contributed by atoms with Gasteiger partial charge >= 0.3 is 6.09 Å². The Hall–Kier alpha value is -2.97. The highest BCUT2D eigenvalue weighted by Crippen LogP contribution is 2.24. The molecule has 0 aliphatic carbocycles. The van der Waals surface area contributed by atoms with Crippen molar-refractivity contribution in [3.05, 3.63) is 40.6 Å². The van der Waals surface area contributed by atoms with E-state index in [0.29, 0.717) is 24.7 Å². The molecule has 0 N–H and O–H groups in total. The summed E-state index contributed by atoms with van der Waals surface area (Å²) in [5.41, 5.74) is 1.08. The van der Waals surface area contributed by atoms with E-state index in [9.17, 15) is 14.9 Å². The molecule has 1 aromatic heterocycles. The van der Waals surface area contributed by atoms with Crippen LogP contribution in [-0.4, -0.2) is 49.6 Å². The minimum Gasteiger partial charge on any atom is -0.444 e. The van der Waals surface area contributed by atoms with Crippen molar-refractivity contribution in [2.24, 2.45) is 5.92 Å². The van der Waals surface area contributed by atoms with Crippen LogP contribution in [0.1, 0.15) is 40.0 Å². The van der Waals surface area contributed by atoms with Crippen molar-refractivity contribution >= 4 is 11.8 Å². The van der Waals surface area contributed by atoms with Gasteiger partial charge in [-0.25, -0.2) is 4.79 Å². The Morgan fingerprint density at radius 1 is 1.24 bits per heavy atom. The lowest BCUT2D eigenvalue weighted by atomic mass is 9.94. The number of carbonyl (C=O) groups excluding carboxylic acids is 1. The Morgan fingerprint density at radius 3 is 2.48 bits per heavy atom. The molecule has 156 valence electrons. The molecule has 1 aromatic carbocycles. The molecule has 0 bridgehead atoms.